The number of ether oxygens (including phenoxy) is 1. The fraction of sp³-hybridized carbons (Fsp3) is 0.538. The van der Waals surface area contributed by atoms with Gasteiger partial charge in [-0.2, -0.15) is 0 Å². The van der Waals surface area contributed by atoms with Gasteiger partial charge in [0.2, 0.25) is 0 Å². The molecule has 3 saturated heterocycles. The number of nitrogens with zero attached hydrogens (tertiary/aromatic N) is 1. The Hall–Kier alpha value is -1.29. The van der Waals surface area contributed by atoms with E-state index in [2.05, 4.69) is 4.90 Å². The van der Waals surface area contributed by atoms with E-state index in [4.69, 9.17) is 10.5 Å². The standard InChI is InChI=1S/C13H17FN2O/c14-11-7-10(15)1-2-12(11)17-13-8-16-5-3-9(13)4-6-16/h1-2,7,9,13H,3-6,8,15H2/t13-/m0/s1. The molecule has 1 aromatic rings. The van der Waals surface area contributed by atoms with Crippen molar-refractivity contribution >= 4 is 5.69 Å². The van der Waals surface area contributed by atoms with Crippen LogP contribution in [0.2, 0.25) is 0 Å². The normalized spacial score (nSPS) is 31.5. The van der Waals surface area contributed by atoms with E-state index in [1.807, 2.05) is 0 Å². The van der Waals surface area contributed by atoms with E-state index < -0.39 is 0 Å². The van der Waals surface area contributed by atoms with Crippen molar-refractivity contribution < 1.29 is 9.13 Å². The second-order valence-corrected chi connectivity index (χ2v) is 4.98. The third-order valence-electron chi connectivity index (χ3n) is 3.83. The lowest BCUT2D eigenvalue weighted by molar-refractivity contribution is -0.00947. The highest BCUT2D eigenvalue weighted by Gasteiger charge is 2.35. The summed E-state index contributed by atoms with van der Waals surface area (Å²) >= 11 is 0. The minimum absolute atomic E-state index is 0.135. The number of nitrogen functional groups attached to an aromatic ring is 1. The molecule has 0 aromatic heterocycles. The molecular formula is C13H17FN2O. The van der Waals surface area contributed by atoms with E-state index in [1.165, 1.54) is 18.9 Å². The molecule has 2 N–H and O–H groups in total. The number of hydrogen-bond acceptors (Lipinski definition) is 3. The number of anilines is 1. The Bertz CT molecular complexity index is 416. The fourth-order valence-electron chi connectivity index (χ4n) is 2.82. The van der Waals surface area contributed by atoms with Gasteiger partial charge in [-0.05, 0) is 44.0 Å². The van der Waals surface area contributed by atoms with Crippen molar-refractivity contribution in [3.63, 3.8) is 0 Å². The monoisotopic (exact) mass is 236 g/mol. The van der Waals surface area contributed by atoms with Crippen molar-refractivity contribution in [3.8, 4) is 5.75 Å². The van der Waals surface area contributed by atoms with Gasteiger partial charge in [-0.25, -0.2) is 4.39 Å². The third kappa shape index (κ3) is 2.09. The third-order valence-corrected chi connectivity index (χ3v) is 3.83. The van der Waals surface area contributed by atoms with Crippen LogP contribution in [0.1, 0.15) is 12.8 Å². The molecule has 0 amide bonds. The first-order chi connectivity index (χ1) is 8.22. The zero-order valence-corrected chi connectivity index (χ0v) is 9.73. The molecule has 3 nitrogen and oxygen atoms in total. The molecule has 3 aliphatic rings. The van der Waals surface area contributed by atoms with Gasteiger partial charge in [0, 0.05) is 18.3 Å². The van der Waals surface area contributed by atoms with Gasteiger partial charge in [0.25, 0.3) is 0 Å². The maximum atomic E-state index is 13.6. The lowest BCUT2D eigenvalue weighted by Crippen LogP contribution is -2.52. The molecule has 4 rings (SSSR count). The van der Waals surface area contributed by atoms with Gasteiger partial charge >= 0.3 is 0 Å². The van der Waals surface area contributed by atoms with Gasteiger partial charge in [0.1, 0.15) is 6.10 Å². The average Bonchev–Trinajstić information content (AvgIpc) is 2.34. The smallest absolute Gasteiger partial charge is 0.167 e. The van der Waals surface area contributed by atoms with E-state index in [9.17, 15) is 4.39 Å². The van der Waals surface area contributed by atoms with Crippen LogP contribution in [-0.2, 0) is 0 Å². The SMILES string of the molecule is Nc1ccc(O[C@H]2CN3CCC2CC3)c(F)c1. The van der Waals surface area contributed by atoms with Gasteiger partial charge in [-0.3, -0.25) is 4.90 Å². The molecule has 92 valence electrons. The molecule has 0 radical (unpaired) electrons. The number of halogens is 1. The number of hydrogen-bond donors (Lipinski definition) is 1. The summed E-state index contributed by atoms with van der Waals surface area (Å²) in [5, 5.41) is 0. The summed E-state index contributed by atoms with van der Waals surface area (Å²) in [6.07, 6.45) is 2.47. The second-order valence-electron chi connectivity index (χ2n) is 4.98. The largest absolute Gasteiger partial charge is 0.486 e. The van der Waals surface area contributed by atoms with E-state index in [-0.39, 0.29) is 11.9 Å². The van der Waals surface area contributed by atoms with Crippen LogP contribution in [0, 0.1) is 11.7 Å². The van der Waals surface area contributed by atoms with Gasteiger partial charge in [-0.1, -0.05) is 0 Å². The predicted octanol–water partition coefficient (Wildman–Crippen LogP) is 1.88. The van der Waals surface area contributed by atoms with E-state index in [0.717, 1.165) is 19.6 Å². The minimum atomic E-state index is -0.360. The molecule has 1 aromatic carbocycles. The molecule has 0 spiro atoms. The number of piperidine rings is 3. The molecule has 17 heavy (non-hydrogen) atoms. The van der Waals surface area contributed by atoms with E-state index in [0.29, 0.717) is 17.4 Å². The van der Waals surface area contributed by atoms with Crippen LogP contribution in [0.5, 0.6) is 5.75 Å². The van der Waals surface area contributed by atoms with Crippen molar-refractivity contribution in [1.82, 2.24) is 4.90 Å². The molecule has 0 unspecified atom stereocenters. The summed E-state index contributed by atoms with van der Waals surface area (Å²) in [6.45, 7) is 3.25. The topological polar surface area (TPSA) is 38.5 Å². The van der Waals surface area contributed by atoms with Gasteiger partial charge in [0.05, 0.1) is 0 Å². The van der Waals surface area contributed by atoms with E-state index >= 15 is 0 Å². The van der Waals surface area contributed by atoms with E-state index in [1.54, 1.807) is 12.1 Å². The Labute approximate surface area is 100 Å². The zero-order chi connectivity index (χ0) is 11.8. The van der Waals surface area contributed by atoms with Crippen LogP contribution in [0.25, 0.3) is 0 Å². The molecule has 4 heteroatoms. The van der Waals surface area contributed by atoms with Gasteiger partial charge in [0.15, 0.2) is 11.6 Å². The summed E-state index contributed by atoms with van der Waals surface area (Å²) < 4.78 is 19.4. The number of rotatable bonds is 2. The van der Waals surface area contributed by atoms with Crippen molar-refractivity contribution in [2.75, 3.05) is 25.4 Å². The summed E-state index contributed by atoms with van der Waals surface area (Å²) in [6, 6.07) is 4.62. The molecule has 0 saturated carbocycles. The Balaban J connectivity index is 1.74. The van der Waals surface area contributed by atoms with Gasteiger partial charge < -0.3 is 10.5 Å². The zero-order valence-electron chi connectivity index (χ0n) is 9.73. The lowest BCUT2D eigenvalue weighted by atomic mass is 9.86. The number of nitrogens with two attached hydrogens (primary N) is 1. The average molecular weight is 236 g/mol. The highest BCUT2D eigenvalue weighted by atomic mass is 19.1. The Morgan fingerprint density at radius 3 is 2.65 bits per heavy atom. The Morgan fingerprint density at radius 1 is 1.29 bits per heavy atom. The van der Waals surface area contributed by atoms with Crippen LogP contribution in [0.3, 0.4) is 0 Å². The lowest BCUT2D eigenvalue weighted by Gasteiger charge is -2.44. The summed E-state index contributed by atoms with van der Waals surface area (Å²) in [5.74, 6) is 0.552. The van der Waals surface area contributed by atoms with Crippen LogP contribution in [0.4, 0.5) is 10.1 Å². The van der Waals surface area contributed by atoms with Crippen molar-refractivity contribution in [2.45, 2.75) is 18.9 Å². The maximum Gasteiger partial charge on any atom is 0.167 e. The summed E-state index contributed by atoms with van der Waals surface area (Å²) in [4.78, 5) is 2.39. The first kappa shape index (κ1) is 10.8. The van der Waals surface area contributed by atoms with Crippen LogP contribution in [0.15, 0.2) is 18.2 Å². The molecular weight excluding hydrogens is 219 g/mol. The molecule has 2 bridgehead atoms. The molecule has 0 aliphatic carbocycles. The minimum Gasteiger partial charge on any atom is -0.486 e. The van der Waals surface area contributed by atoms with Crippen molar-refractivity contribution in [2.24, 2.45) is 5.92 Å². The fourth-order valence-corrected chi connectivity index (χ4v) is 2.82. The second kappa shape index (κ2) is 4.18. The summed E-state index contributed by atoms with van der Waals surface area (Å²) in [5.41, 5.74) is 5.95. The first-order valence-electron chi connectivity index (χ1n) is 6.16. The Kier molecular flexibility index (Phi) is 2.67. The van der Waals surface area contributed by atoms with Gasteiger partial charge in [-0.15, -0.1) is 0 Å². The van der Waals surface area contributed by atoms with Crippen molar-refractivity contribution in [3.05, 3.63) is 24.0 Å². The van der Waals surface area contributed by atoms with Crippen LogP contribution < -0.4 is 10.5 Å². The number of fused-ring (bicyclic) bond motifs is 3. The number of benzene rings is 1. The summed E-state index contributed by atoms with van der Waals surface area (Å²) in [7, 11) is 0. The molecule has 3 fully saturated rings. The molecule has 3 aliphatic heterocycles. The maximum absolute atomic E-state index is 13.6. The highest BCUT2D eigenvalue weighted by Crippen LogP contribution is 2.31. The van der Waals surface area contributed by atoms with Crippen molar-refractivity contribution in [1.29, 1.82) is 0 Å². The van der Waals surface area contributed by atoms with Crippen LogP contribution >= 0.6 is 0 Å². The highest BCUT2D eigenvalue weighted by molar-refractivity contribution is 5.42. The predicted molar refractivity (Wildman–Crippen MR) is 64.4 cm³/mol. The quantitative estimate of drug-likeness (QED) is 0.797. The molecule has 3 heterocycles. The Morgan fingerprint density at radius 2 is 2.06 bits per heavy atom. The molecule has 1 atom stereocenters. The van der Waals surface area contributed by atoms with Crippen LogP contribution in [-0.4, -0.2) is 30.6 Å². The first-order valence-corrected chi connectivity index (χ1v) is 6.16.